The highest BCUT2D eigenvalue weighted by molar-refractivity contribution is 6.36. The maximum absolute atomic E-state index is 8.61. The normalized spacial score (nSPS) is 11.1. The molecule has 0 atom stereocenters. The van der Waals surface area contributed by atoms with Gasteiger partial charge in [-0.3, -0.25) is 0 Å². The highest BCUT2D eigenvalue weighted by Crippen LogP contribution is 1.94. The van der Waals surface area contributed by atoms with Crippen molar-refractivity contribution in [3.8, 4) is 0 Å². The highest BCUT2D eigenvalue weighted by atomic mass is 17.2. The molecule has 0 saturated carbocycles. The summed E-state index contributed by atoms with van der Waals surface area (Å²) in [6, 6.07) is 0. The molecule has 0 unspecified atom stereocenters. The van der Waals surface area contributed by atoms with Gasteiger partial charge in [0.1, 0.15) is 6.61 Å². The minimum atomic E-state index is -0.962. The van der Waals surface area contributed by atoms with Crippen molar-refractivity contribution in [2.45, 2.75) is 19.8 Å². The van der Waals surface area contributed by atoms with Gasteiger partial charge in [0.2, 0.25) is 0 Å². The molecule has 0 saturated heterocycles. The molecule has 0 rings (SSSR count). The van der Waals surface area contributed by atoms with Gasteiger partial charge in [0.25, 0.3) is 0 Å². The van der Waals surface area contributed by atoms with Crippen LogP contribution >= 0.6 is 0 Å². The van der Waals surface area contributed by atoms with Crippen LogP contribution in [-0.4, -0.2) is 57.2 Å². The summed E-state index contributed by atoms with van der Waals surface area (Å²) in [6.45, 7) is 2.77. The number of aliphatic hydroxyl groups is 2. The van der Waals surface area contributed by atoms with Gasteiger partial charge in [0.05, 0.1) is 39.3 Å². The lowest BCUT2D eigenvalue weighted by Gasteiger charge is -2.11. The summed E-state index contributed by atoms with van der Waals surface area (Å²) in [4.78, 5) is 9.73. The summed E-state index contributed by atoms with van der Waals surface area (Å²) in [7, 11) is -0.962. The first-order chi connectivity index (χ1) is 9.35. The number of hydrogen-bond donors (Lipinski definition) is 2. The third kappa shape index (κ3) is 13.6. The van der Waals surface area contributed by atoms with E-state index in [9.17, 15) is 0 Å². The number of hydrogen-bond acceptors (Lipinski definition) is 7. The molecule has 0 amide bonds. The van der Waals surface area contributed by atoms with Crippen LogP contribution in [0.5, 0.6) is 0 Å². The van der Waals surface area contributed by atoms with E-state index in [4.69, 9.17) is 34.0 Å². The van der Waals surface area contributed by atoms with E-state index in [2.05, 4.69) is 6.92 Å². The first-order valence-corrected chi connectivity index (χ1v) is 6.35. The summed E-state index contributed by atoms with van der Waals surface area (Å²) < 4.78 is 15.1. The molecule has 8 heteroatoms. The molecule has 2 N–H and O–H groups in total. The molecular weight excluding hydrogens is 255 g/mol. The second-order valence-corrected chi connectivity index (χ2v) is 3.45. The molecule has 0 spiro atoms. The Morgan fingerprint density at radius 1 is 1.00 bits per heavy atom. The third-order valence-electron chi connectivity index (χ3n) is 1.81. The van der Waals surface area contributed by atoms with Crippen LogP contribution in [-0.2, 0) is 23.7 Å². The fourth-order valence-corrected chi connectivity index (χ4v) is 0.933. The van der Waals surface area contributed by atoms with E-state index in [1.165, 1.54) is 6.26 Å². The van der Waals surface area contributed by atoms with E-state index in [-0.39, 0.29) is 33.0 Å². The second kappa shape index (κ2) is 15.4. The van der Waals surface area contributed by atoms with Crippen LogP contribution in [0, 0.1) is 0 Å². The van der Waals surface area contributed by atoms with Gasteiger partial charge in [-0.05, 0) is 12.5 Å². The Bertz CT molecular complexity index is 195. The van der Waals surface area contributed by atoms with Crippen molar-refractivity contribution in [3.05, 3.63) is 12.3 Å². The molecule has 0 radical (unpaired) electrons. The molecule has 0 aliphatic carbocycles. The number of aliphatic hydroxyl groups excluding tert-OH is 2. The van der Waals surface area contributed by atoms with Gasteiger partial charge < -0.3 is 24.2 Å². The molecule has 112 valence electrons. The molecule has 0 aliphatic rings. The van der Waals surface area contributed by atoms with E-state index in [0.717, 1.165) is 12.8 Å². The predicted octanol–water partition coefficient (Wildman–Crippen LogP) is 0.268. The smallest absolute Gasteiger partial charge is 0.518 e. The van der Waals surface area contributed by atoms with Gasteiger partial charge in [-0.15, -0.1) is 0 Å². The lowest BCUT2D eigenvalue weighted by molar-refractivity contribution is -0.286. The maximum atomic E-state index is 8.61. The molecule has 0 aromatic heterocycles. The van der Waals surface area contributed by atoms with Gasteiger partial charge in [0, 0.05) is 0 Å². The van der Waals surface area contributed by atoms with Crippen LogP contribution in [0.4, 0.5) is 0 Å². The third-order valence-corrected chi connectivity index (χ3v) is 1.81. The number of rotatable bonds is 14. The molecular formula is C11H23BO7. The van der Waals surface area contributed by atoms with E-state index in [1.807, 2.05) is 0 Å². The zero-order chi connectivity index (χ0) is 14.2. The van der Waals surface area contributed by atoms with Crippen LogP contribution in [0.1, 0.15) is 19.8 Å². The largest absolute Gasteiger partial charge is 0.712 e. The summed E-state index contributed by atoms with van der Waals surface area (Å²) in [5, 5.41) is 17.2. The minimum absolute atomic E-state index is 0.0839. The Labute approximate surface area is 114 Å². The summed E-state index contributed by atoms with van der Waals surface area (Å²) in [6.07, 6.45) is 4.94. The van der Waals surface area contributed by atoms with Crippen molar-refractivity contribution >= 4 is 7.32 Å². The SMILES string of the molecule is CCCCOOC/C=C/OB(OCCO)OCCO. The number of unbranched alkanes of at least 4 members (excludes halogenated alkanes) is 1. The monoisotopic (exact) mass is 278 g/mol. The lowest BCUT2D eigenvalue weighted by Crippen LogP contribution is -2.28. The molecule has 0 bridgehead atoms. The maximum Gasteiger partial charge on any atom is 0.712 e. The Morgan fingerprint density at radius 2 is 1.68 bits per heavy atom. The van der Waals surface area contributed by atoms with Crippen molar-refractivity contribution in [2.75, 3.05) is 39.6 Å². The minimum Gasteiger partial charge on any atom is -0.518 e. The standard InChI is InChI=1S/C11H23BO7/c1-2-3-8-18-19-9-4-7-15-12(16-10-5-13)17-11-6-14/h4,7,13-14H,2-3,5-6,8-11H2,1H3/b7-4+. The quantitative estimate of drug-likeness (QED) is 0.155. The zero-order valence-electron chi connectivity index (χ0n) is 11.3. The Kier molecular flexibility index (Phi) is 14.9. The summed E-state index contributed by atoms with van der Waals surface area (Å²) in [5.41, 5.74) is 0. The van der Waals surface area contributed by atoms with Gasteiger partial charge in [-0.1, -0.05) is 13.3 Å². The van der Waals surface area contributed by atoms with Gasteiger partial charge in [0.15, 0.2) is 0 Å². The average molecular weight is 278 g/mol. The summed E-state index contributed by atoms with van der Waals surface area (Å²) in [5.74, 6) is 0. The van der Waals surface area contributed by atoms with Gasteiger partial charge in [-0.2, -0.15) is 0 Å². The van der Waals surface area contributed by atoms with Crippen molar-refractivity contribution in [3.63, 3.8) is 0 Å². The first-order valence-electron chi connectivity index (χ1n) is 6.35. The zero-order valence-corrected chi connectivity index (χ0v) is 11.3. The molecule has 0 aromatic carbocycles. The van der Waals surface area contributed by atoms with E-state index in [1.54, 1.807) is 6.08 Å². The molecule has 0 heterocycles. The lowest BCUT2D eigenvalue weighted by atomic mass is 10.2. The molecule has 0 aliphatic heterocycles. The fraction of sp³-hybridized carbons (Fsp3) is 0.818. The molecule has 0 fully saturated rings. The van der Waals surface area contributed by atoms with Crippen molar-refractivity contribution < 1.29 is 34.0 Å². The van der Waals surface area contributed by atoms with E-state index in [0.29, 0.717) is 6.61 Å². The van der Waals surface area contributed by atoms with Crippen LogP contribution in [0.25, 0.3) is 0 Å². The van der Waals surface area contributed by atoms with E-state index >= 15 is 0 Å². The molecule has 0 aromatic rings. The van der Waals surface area contributed by atoms with Crippen LogP contribution in [0.3, 0.4) is 0 Å². The fourth-order valence-electron chi connectivity index (χ4n) is 0.933. The Balaban J connectivity index is 3.58. The van der Waals surface area contributed by atoms with Crippen molar-refractivity contribution in [2.24, 2.45) is 0 Å². The van der Waals surface area contributed by atoms with E-state index < -0.39 is 7.32 Å². The van der Waals surface area contributed by atoms with Crippen LogP contribution in [0.2, 0.25) is 0 Å². The Morgan fingerprint density at radius 3 is 2.26 bits per heavy atom. The highest BCUT2D eigenvalue weighted by Gasteiger charge is 2.21. The van der Waals surface area contributed by atoms with Crippen molar-refractivity contribution in [1.82, 2.24) is 0 Å². The van der Waals surface area contributed by atoms with Gasteiger partial charge >= 0.3 is 7.32 Å². The first kappa shape index (κ1) is 18.4. The predicted molar refractivity (Wildman–Crippen MR) is 68.9 cm³/mol. The van der Waals surface area contributed by atoms with Crippen LogP contribution < -0.4 is 0 Å². The second-order valence-electron chi connectivity index (χ2n) is 3.45. The van der Waals surface area contributed by atoms with Crippen molar-refractivity contribution in [1.29, 1.82) is 0 Å². The molecule has 19 heavy (non-hydrogen) atoms. The average Bonchev–Trinajstić information content (AvgIpc) is 2.43. The topological polar surface area (TPSA) is 86.6 Å². The molecule has 7 nitrogen and oxygen atoms in total. The van der Waals surface area contributed by atoms with Crippen LogP contribution in [0.15, 0.2) is 12.3 Å². The summed E-state index contributed by atoms with van der Waals surface area (Å²) >= 11 is 0. The Hall–Kier alpha value is -0.635. The van der Waals surface area contributed by atoms with Gasteiger partial charge in [-0.25, -0.2) is 9.78 Å².